The number of hydrogen-bond acceptors (Lipinski definition) is 4. The van der Waals surface area contributed by atoms with E-state index in [-0.39, 0.29) is 17.6 Å². The summed E-state index contributed by atoms with van der Waals surface area (Å²) in [6.45, 7) is 3.23. The summed E-state index contributed by atoms with van der Waals surface area (Å²) in [7, 11) is 0. The molecule has 0 spiro atoms. The zero-order valence-corrected chi connectivity index (χ0v) is 17.9. The molecular formula is C26H24N2O4. The third-order valence-electron chi connectivity index (χ3n) is 7.15. The molecule has 2 aromatic carbocycles. The largest absolute Gasteiger partial charge is 0.508 e. The highest BCUT2D eigenvalue weighted by Gasteiger charge is 2.35. The highest BCUT2D eigenvalue weighted by molar-refractivity contribution is 6.09. The number of hydrogen-bond donors (Lipinski definition) is 2. The number of fused-ring (bicyclic) bond motifs is 6. The predicted octanol–water partition coefficient (Wildman–Crippen LogP) is 3.45. The number of aromatic amines is 1. The summed E-state index contributed by atoms with van der Waals surface area (Å²) in [5, 5.41) is 12.9. The lowest BCUT2D eigenvalue weighted by Gasteiger charge is -2.18. The van der Waals surface area contributed by atoms with Crippen LogP contribution in [0.3, 0.4) is 0 Å². The van der Waals surface area contributed by atoms with Gasteiger partial charge in [-0.1, -0.05) is 18.1 Å². The van der Waals surface area contributed by atoms with Crippen LogP contribution in [0.1, 0.15) is 61.0 Å². The summed E-state index contributed by atoms with van der Waals surface area (Å²) < 4.78 is 5.46. The van der Waals surface area contributed by atoms with E-state index in [1.807, 2.05) is 6.07 Å². The van der Waals surface area contributed by atoms with Crippen molar-refractivity contribution < 1.29 is 19.4 Å². The molecule has 0 radical (unpaired) electrons. The molecule has 1 unspecified atom stereocenters. The first-order valence-electron chi connectivity index (χ1n) is 11.2. The van der Waals surface area contributed by atoms with Crippen molar-refractivity contribution in [1.29, 1.82) is 0 Å². The van der Waals surface area contributed by atoms with Gasteiger partial charge >= 0.3 is 0 Å². The molecule has 1 aliphatic heterocycles. The summed E-state index contributed by atoms with van der Waals surface area (Å²) in [6, 6.07) is 8.66. The maximum atomic E-state index is 13.6. The second kappa shape index (κ2) is 6.99. The highest BCUT2D eigenvalue weighted by atomic mass is 16.5. The van der Waals surface area contributed by atoms with Crippen molar-refractivity contribution in [3.05, 3.63) is 52.0 Å². The summed E-state index contributed by atoms with van der Waals surface area (Å²) in [5.41, 5.74) is 6.09. The van der Waals surface area contributed by atoms with Crippen molar-refractivity contribution in [3.8, 4) is 11.5 Å². The molecule has 32 heavy (non-hydrogen) atoms. The minimum atomic E-state index is -0.126. The van der Waals surface area contributed by atoms with E-state index in [0.29, 0.717) is 24.5 Å². The number of anilines is 1. The number of benzene rings is 2. The Labute approximate surface area is 184 Å². The van der Waals surface area contributed by atoms with Gasteiger partial charge in [-0.3, -0.25) is 9.59 Å². The number of carbonyl (C=O) groups excluding carboxylic acids is 2. The lowest BCUT2D eigenvalue weighted by atomic mass is 9.95. The van der Waals surface area contributed by atoms with Crippen LogP contribution in [0.15, 0.2) is 30.3 Å². The minimum absolute atomic E-state index is 0.126. The van der Waals surface area contributed by atoms with Crippen LogP contribution in [0.2, 0.25) is 0 Å². The van der Waals surface area contributed by atoms with Gasteiger partial charge in [-0.05, 0) is 67.2 Å². The number of aromatic hydroxyl groups is 1. The van der Waals surface area contributed by atoms with E-state index < -0.39 is 0 Å². The second-order valence-electron chi connectivity index (χ2n) is 9.13. The third-order valence-corrected chi connectivity index (χ3v) is 7.15. The molecular weight excluding hydrogens is 404 g/mol. The van der Waals surface area contributed by atoms with Gasteiger partial charge in [-0.2, -0.15) is 0 Å². The Hall–Kier alpha value is -3.54. The van der Waals surface area contributed by atoms with E-state index in [9.17, 15) is 14.7 Å². The number of nitrogens with zero attached hydrogens (tertiary/aromatic N) is 1. The van der Waals surface area contributed by atoms with E-state index in [1.54, 1.807) is 29.2 Å². The molecule has 6 rings (SSSR count). The zero-order valence-electron chi connectivity index (χ0n) is 17.9. The van der Waals surface area contributed by atoms with Gasteiger partial charge in [0.1, 0.15) is 17.2 Å². The van der Waals surface area contributed by atoms with Gasteiger partial charge in [0.05, 0.1) is 5.69 Å². The maximum Gasteiger partial charge on any atom is 0.298 e. The van der Waals surface area contributed by atoms with Crippen molar-refractivity contribution in [3.63, 3.8) is 0 Å². The molecule has 2 aliphatic carbocycles. The normalized spacial score (nSPS) is 19.2. The Balaban J connectivity index is 1.54. The van der Waals surface area contributed by atoms with Crippen molar-refractivity contribution in [2.75, 3.05) is 11.4 Å². The zero-order chi connectivity index (χ0) is 22.0. The fraction of sp³-hybridized carbons (Fsp3) is 0.308. The number of H-pyrrole nitrogens is 1. The van der Waals surface area contributed by atoms with Crippen LogP contribution in [0.4, 0.5) is 5.69 Å². The number of rotatable bonds is 3. The Bertz CT molecular complexity index is 1430. The average Bonchev–Trinajstić information content (AvgIpc) is 3.37. The molecule has 1 saturated carbocycles. The van der Waals surface area contributed by atoms with Gasteiger partial charge in [-0.15, -0.1) is 0 Å². The second-order valence-corrected chi connectivity index (χ2v) is 9.13. The molecule has 2 heterocycles. The lowest BCUT2D eigenvalue weighted by molar-refractivity contribution is -0.120. The van der Waals surface area contributed by atoms with Gasteiger partial charge in [0, 0.05) is 34.7 Å². The minimum Gasteiger partial charge on any atom is -0.508 e. The van der Waals surface area contributed by atoms with Gasteiger partial charge in [-0.25, -0.2) is 0 Å². The Morgan fingerprint density at radius 3 is 2.72 bits per heavy atom. The van der Waals surface area contributed by atoms with Gasteiger partial charge in [0.25, 0.3) is 12.4 Å². The van der Waals surface area contributed by atoms with Crippen molar-refractivity contribution in [2.45, 2.75) is 44.9 Å². The first-order chi connectivity index (χ1) is 15.5. The molecule has 6 nitrogen and oxygen atoms in total. The predicted molar refractivity (Wildman–Crippen MR) is 122 cm³/mol. The summed E-state index contributed by atoms with van der Waals surface area (Å²) >= 11 is 0. The molecule has 2 bridgehead atoms. The topological polar surface area (TPSA) is 82.6 Å². The molecule has 2 N–H and O–H groups in total. The molecule has 1 fully saturated rings. The first-order valence-corrected chi connectivity index (χ1v) is 11.2. The number of carbonyl (C=O) groups is 2. The van der Waals surface area contributed by atoms with Crippen LogP contribution in [-0.4, -0.2) is 29.0 Å². The monoisotopic (exact) mass is 428 g/mol. The Kier molecular flexibility index (Phi) is 4.18. The standard InChI is InChI=1S/C26H24N2O4/c1-14-12-28(26(31)20-10-17-9-18(30)6-7-19(17)27-20)21-11-22(32-13-29)24-15-4-2-3-5-16(8-15)25(24)23(14)21/h6-7,9-11,13-14,27,30H,2-5,8,12H2,1H3. The van der Waals surface area contributed by atoms with Crippen LogP contribution in [-0.2, 0) is 4.79 Å². The fourth-order valence-electron chi connectivity index (χ4n) is 5.82. The quantitative estimate of drug-likeness (QED) is 0.626. The maximum absolute atomic E-state index is 13.6. The summed E-state index contributed by atoms with van der Waals surface area (Å²) in [6.07, 6.45) is 5.37. The molecule has 1 atom stereocenters. The van der Waals surface area contributed by atoms with Crippen molar-refractivity contribution in [2.24, 2.45) is 0 Å². The van der Waals surface area contributed by atoms with Gasteiger partial charge < -0.3 is 19.7 Å². The van der Waals surface area contributed by atoms with E-state index >= 15 is 0 Å². The fourth-order valence-corrected chi connectivity index (χ4v) is 5.82. The third kappa shape index (κ3) is 2.72. The number of phenols is 1. The van der Waals surface area contributed by atoms with E-state index in [4.69, 9.17) is 4.74 Å². The number of amides is 1. The molecule has 0 saturated heterocycles. The van der Waals surface area contributed by atoms with Crippen LogP contribution < -0.4 is 20.1 Å². The highest BCUT2D eigenvalue weighted by Crippen LogP contribution is 2.39. The van der Waals surface area contributed by atoms with Crippen molar-refractivity contribution in [1.82, 2.24) is 4.98 Å². The van der Waals surface area contributed by atoms with E-state index in [1.165, 1.54) is 28.3 Å². The van der Waals surface area contributed by atoms with E-state index in [0.717, 1.165) is 47.5 Å². The number of phenolic OH excluding ortho intramolecular Hbond substituents is 1. The Morgan fingerprint density at radius 2 is 1.94 bits per heavy atom. The smallest absolute Gasteiger partial charge is 0.298 e. The summed E-state index contributed by atoms with van der Waals surface area (Å²) in [5.74, 6) is 0.793. The lowest BCUT2D eigenvalue weighted by Crippen LogP contribution is -2.32. The van der Waals surface area contributed by atoms with Crippen LogP contribution in [0, 0.1) is 0 Å². The molecule has 3 aliphatic rings. The molecule has 1 amide bonds. The number of aromatic nitrogens is 1. The van der Waals surface area contributed by atoms with Crippen LogP contribution in [0.25, 0.3) is 22.0 Å². The Morgan fingerprint density at radius 1 is 1.16 bits per heavy atom. The van der Waals surface area contributed by atoms with Crippen LogP contribution >= 0.6 is 0 Å². The molecule has 162 valence electrons. The molecule has 3 aromatic rings. The number of nitrogens with one attached hydrogen (secondary N) is 1. The SMILES string of the molecule is CC1CN(C(=O)c2cc3cc(O)ccc3[nH]2)c2cc(OC=O)c3c(c21)=C1CCCCC=3C1. The van der Waals surface area contributed by atoms with E-state index in [2.05, 4.69) is 11.9 Å². The van der Waals surface area contributed by atoms with Gasteiger partial charge in [0.2, 0.25) is 0 Å². The molecule has 1 aromatic heterocycles. The summed E-state index contributed by atoms with van der Waals surface area (Å²) in [4.78, 5) is 29.9. The molecule has 6 heteroatoms. The average molecular weight is 428 g/mol. The van der Waals surface area contributed by atoms with Crippen molar-refractivity contribution >= 4 is 40.1 Å². The van der Waals surface area contributed by atoms with Crippen LogP contribution in [0.5, 0.6) is 11.5 Å². The van der Waals surface area contributed by atoms with Gasteiger partial charge in [0.15, 0.2) is 0 Å². The first kappa shape index (κ1) is 19.2. The number of ether oxygens (including phenoxy) is 1.